The summed E-state index contributed by atoms with van der Waals surface area (Å²) in [7, 11) is -3.55. The predicted molar refractivity (Wildman–Crippen MR) is 118 cm³/mol. The summed E-state index contributed by atoms with van der Waals surface area (Å²) in [5.74, 6) is 0.350. The number of piperazine rings is 1. The lowest BCUT2D eigenvalue weighted by Crippen LogP contribution is -2.50. The zero-order chi connectivity index (χ0) is 21.7. The van der Waals surface area contributed by atoms with Gasteiger partial charge >= 0.3 is 0 Å². The molecular weight excluding hydrogens is 426 g/mol. The minimum Gasteiger partial charge on any atom is -0.484 e. The molecule has 0 bridgehead atoms. The van der Waals surface area contributed by atoms with Crippen molar-refractivity contribution in [3.05, 3.63) is 53.6 Å². The Morgan fingerprint density at radius 1 is 1.10 bits per heavy atom. The molecule has 1 heterocycles. The number of halogens is 1. The molecule has 162 valence electrons. The number of hydrogen-bond acceptors (Lipinski definition) is 5. The van der Waals surface area contributed by atoms with Gasteiger partial charge in [0, 0.05) is 42.9 Å². The van der Waals surface area contributed by atoms with Gasteiger partial charge in [-0.3, -0.25) is 4.79 Å². The van der Waals surface area contributed by atoms with Crippen LogP contribution in [0.5, 0.6) is 5.75 Å². The highest BCUT2D eigenvalue weighted by Crippen LogP contribution is 2.21. The molecule has 7 nitrogen and oxygen atoms in total. The van der Waals surface area contributed by atoms with Crippen molar-refractivity contribution in [2.45, 2.75) is 24.8 Å². The summed E-state index contributed by atoms with van der Waals surface area (Å²) < 4.78 is 32.4. The molecule has 1 saturated heterocycles. The van der Waals surface area contributed by atoms with Gasteiger partial charge in [0.25, 0.3) is 5.91 Å². The molecule has 0 radical (unpaired) electrons. The fourth-order valence-electron chi connectivity index (χ4n) is 3.22. The number of nitrogens with zero attached hydrogens (tertiary/aromatic N) is 2. The van der Waals surface area contributed by atoms with Crippen LogP contribution in [0.15, 0.2) is 53.4 Å². The van der Waals surface area contributed by atoms with Gasteiger partial charge in [0.05, 0.1) is 4.90 Å². The fraction of sp³-hybridized carbons (Fsp3) is 0.381. The molecule has 1 fully saturated rings. The van der Waals surface area contributed by atoms with Crippen molar-refractivity contribution in [2.75, 3.05) is 37.7 Å². The standard InChI is InChI=1S/C21H26ClN3O4S/c1-16(2)23-30(27,28)20-8-6-19(7-9-20)29-15-21(26)25-12-10-24(11-13-25)18-5-3-4-17(22)14-18/h3-9,14,16,23H,10-13,15H2,1-2H3. The van der Waals surface area contributed by atoms with Gasteiger partial charge < -0.3 is 14.5 Å². The van der Waals surface area contributed by atoms with Gasteiger partial charge in [-0.2, -0.15) is 0 Å². The van der Waals surface area contributed by atoms with E-state index < -0.39 is 10.0 Å². The lowest BCUT2D eigenvalue weighted by molar-refractivity contribution is -0.133. The highest BCUT2D eigenvalue weighted by molar-refractivity contribution is 7.89. The van der Waals surface area contributed by atoms with Crippen molar-refractivity contribution in [3.63, 3.8) is 0 Å². The molecule has 0 spiro atoms. The molecule has 1 aliphatic rings. The van der Waals surface area contributed by atoms with Crippen LogP contribution in [0.2, 0.25) is 5.02 Å². The molecular formula is C21H26ClN3O4S. The van der Waals surface area contributed by atoms with E-state index >= 15 is 0 Å². The number of ether oxygens (including phenoxy) is 1. The number of hydrogen-bond donors (Lipinski definition) is 1. The Kier molecular flexibility index (Phi) is 7.23. The van der Waals surface area contributed by atoms with E-state index in [1.54, 1.807) is 30.9 Å². The van der Waals surface area contributed by atoms with E-state index in [4.69, 9.17) is 16.3 Å². The number of carbonyl (C=O) groups is 1. The fourth-order valence-corrected chi connectivity index (χ4v) is 4.65. The van der Waals surface area contributed by atoms with E-state index in [-0.39, 0.29) is 23.5 Å². The van der Waals surface area contributed by atoms with Crippen LogP contribution in [0.4, 0.5) is 5.69 Å². The van der Waals surface area contributed by atoms with Gasteiger partial charge in [0.15, 0.2) is 6.61 Å². The van der Waals surface area contributed by atoms with Gasteiger partial charge in [-0.15, -0.1) is 0 Å². The summed E-state index contributed by atoms with van der Waals surface area (Å²) in [5.41, 5.74) is 1.05. The molecule has 1 aliphatic heterocycles. The van der Waals surface area contributed by atoms with Gasteiger partial charge in [0.1, 0.15) is 5.75 Å². The van der Waals surface area contributed by atoms with Crippen LogP contribution in [0.3, 0.4) is 0 Å². The Hall–Kier alpha value is -2.29. The average molecular weight is 452 g/mol. The minimum atomic E-state index is -3.55. The van der Waals surface area contributed by atoms with Crippen molar-refractivity contribution < 1.29 is 17.9 Å². The monoisotopic (exact) mass is 451 g/mol. The van der Waals surface area contributed by atoms with Crippen molar-refractivity contribution in [3.8, 4) is 5.75 Å². The summed E-state index contributed by atoms with van der Waals surface area (Å²) in [6, 6.07) is 13.5. The second-order valence-corrected chi connectivity index (χ2v) is 9.53. The van der Waals surface area contributed by atoms with Crippen molar-refractivity contribution >= 4 is 33.2 Å². The van der Waals surface area contributed by atoms with Crippen molar-refractivity contribution in [2.24, 2.45) is 0 Å². The quantitative estimate of drug-likeness (QED) is 0.700. The first-order chi connectivity index (χ1) is 14.2. The second kappa shape index (κ2) is 9.68. The molecule has 1 amide bonds. The summed E-state index contributed by atoms with van der Waals surface area (Å²) in [4.78, 5) is 16.6. The molecule has 0 unspecified atom stereocenters. The third-order valence-electron chi connectivity index (χ3n) is 4.69. The van der Waals surface area contributed by atoms with Crippen LogP contribution < -0.4 is 14.4 Å². The molecule has 30 heavy (non-hydrogen) atoms. The molecule has 0 atom stereocenters. The minimum absolute atomic E-state index is 0.0898. The van der Waals surface area contributed by atoms with E-state index in [9.17, 15) is 13.2 Å². The zero-order valence-corrected chi connectivity index (χ0v) is 18.6. The lowest BCUT2D eigenvalue weighted by Gasteiger charge is -2.36. The van der Waals surface area contributed by atoms with E-state index in [1.165, 1.54) is 12.1 Å². The molecule has 1 N–H and O–H groups in total. The summed E-state index contributed by atoms with van der Waals surface area (Å²) >= 11 is 6.05. The third kappa shape index (κ3) is 5.87. The maximum absolute atomic E-state index is 12.5. The first-order valence-corrected chi connectivity index (χ1v) is 11.6. The predicted octanol–water partition coefficient (Wildman–Crippen LogP) is 2.75. The topological polar surface area (TPSA) is 78.9 Å². The van der Waals surface area contributed by atoms with Crippen LogP contribution in [-0.2, 0) is 14.8 Å². The first-order valence-electron chi connectivity index (χ1n) is 9.78. The Bertz CT molecular complexity index is 972. The highest BCUT2D eigenvalue weighted by atomic mass is 35.5. The molecule has 0 aliphatic carbocycles. The summed E-state index contributed by atoms with van der Waals surface area (Å²) in [6.45, 7) is 6.08. The number of anilines is 1. The van der Waals surface area contributed by atoms with Crippen LogP contribution in [0.1, 0.15) is 13.8 Å². The third-order valence-corrected chi connectivity index (χ3v) is 6.60. The Morgan fingerprint density at radius 2 is 1.77 bits per heavy atom. The maximum Gasteiger partial charge on any atom is 0.260 e. The smallest absolute Gasteiger partial charge is 0.260 e. The van der Waals surface area contributed by atoms with Gasteiger partial charge in [0.2, 0.25) is 10.0 Å². The molecule has 2 aromatic rings. The Balaban J connectivity index is 1.49. The first kappa shape index (κ1) is 22.4. The number of rotatable bonds is 7. The van der Waals surface area contributed by atoms with Gasteiger partial charge in [-0.1, -0.05) is 17.7 Å². The molecule has 9 heteroatoms. The van der Waals surface area contributed by atoms with E-state index in [0.29, 0.717) is 23.9 Å². The Morgan fingerprint density at radius 3 is 2.37 bits per heavy atom. The lowest BCUT2D eigenvalue weighted by atomic mass is 10.2. The molecule has 2 aromatic carbocycles. The second-order valence-electron chi connectivity index (χ2n) is 7.38. The van der Waals surface area contributed by atoms with E-state index in [0.717, 1.165) is 18.8 Å². The van der Waals surface area contributed by atoms with Crippen molar-refractivity contribution in [1.82, 2.24) is 9.62 Å². The van der Waals surface area contributed by atoms with Crippen molar-refractivity contribution in [1.29, 1.82) is 0 Å². The number of nitrogens with one attached hydrogen (secondary N) is 1. The van der Waals surface area contributed by atoms with Crippen LogP contribution in [-0.4, -0.2) is 58.1 Å². The normalized spacial score (nSPS) is 14.8. The SMILES string of the molecule is CC(C)NS(=O)(=O)c1ccc(OCC(=O)N2CCN(c3cccc(Cl)c3)CC2)cc1. The number of sulfonamides is 1. The average Bonchev–Trinajstić information content (AvgIpc) is 2.71. The molecule has 0 saturated carbocycles. The van der Waals surface area contributed by atoms with Crippen LogP contribution >= 0.6 is 11.6 Å². The maximum atomic E-state index is 12.5. The van der Waals surface area contributed by atoms with Crippen LogP contribution in [0, 0.1) is 0 Å². The van der Waals surface area contributed by atoms with E-state index in [2.05, 4.69) is 9.62 Å². The summed E-state index contributed by atoms with van der Waals surface area (Å²) in [5, 5.41) is 0.693. The highest BCUT2D eigenvalue weighted by Gasteiger charge is 2.22. The number of carbonyl (C=O) groups excluding carboxylic acids is 1. The van der Waals surface area contributed by atoms with Crippen LogP contribution in [0.25, 0.3) is 0 Å². The van der Waals surface area contributed by atoms with E-state index in [1.807, 2.05) is 24.3 Å². The largest absolute Gasteiger partial charge is 0.484 e. The summed E-state index contributed by atoms with van der Waals surface area (Å²) in [6.07, 6.45) is 0. The number of amides is 1. The molecule has 0 aromatic heterocycles. The number of benzene rings is 2. The van der Waals surface area contributed by atoms with Gasteiger partial charge in [-0.25, -0.2) is 13.1 Å². The zero-order valence-electron chi connectivity index (χ0n) is 17.0. The Labute approximate surface area is 182 Å². The van der Waals surface area contributed by atoms with Gasteiger partial charge in [-0.05, 0) is 56.3 Å². The molecule has 3 rings (SSSR count).